The Labute approximate surface area is 212 Å². The summed E-state index contributed by atoms with van der Waals surface area (Å²) < 4.78 is 58.2. The summed E-state index contributed by atoms with van der Waals surface area (Å²) in [5.74, 6) is -0.979. The summed E-state index contributed by atoms with van der Waals surface area (Å²) in [7, 11) is -4.33. The number of methoxy groups -OCH3 is 1. The van der Waals surface area contributed by atoms with Crippen molar-refractivity contribution in [2.45, 2.75) is 107 Å². The van der Waals surface area contributed by atoms with Gasteiger partial charge in [-0.05, 0) is 57.5 Å². The molecule has 0 saturated carbocycles. The first-order valence-electron chi connectivity index (χ1n) is 12.1. The number of hydrogen-bond donors (Lipinski definition) is 0. The van der Waals surface area contributed by atoms with Gasteiger partial charge in [0.05, 0.1) is 16.8 Å². The van der Waals surface area contributed by atoms with Gasteiger partial charge in [-0.25, -0.2) is 8.42 Å². The van der Waals surface area contributed by atoms with E-state index in [1.54, 1.807) is 25.3 Å². The summed E-state index contributed by atoms with van der Waals surface area (Å²) in [6.45, 7) is 20.3. The molecule has 2 fully saturated rings. The van der Waals surface area contributed by atoms with Gasteiger partial charge in [0.1, 0.15) is 12.2 Å². The van der Waals surface area contributed by atoms with Crippen LogP contribution in [0, 0.1) is 6.92 Å². The SMILES string of the molecule is C=C[C@H]1O[C@H]2OC(C)(C)O[C@H]2[C@]1(OC)C(CCS(=O)(=O)c1ccc(C)cc1)O[Si](C)(C)C(C)(C)C. The van der Waals surface area contributed by atoms with E-state index in [1.807, 2.05) is 32.9 Å². The van der Waals surface area contributed by atoms with E-state index in [1.165, 1.54) is 0 Å². The van der Waals surface area contributed by atoms with Crippen LogP contribution in [-0.2, 0) is 33.2 Å². The second kappa shape index (κ2) is 9.67. The summed E-state index contributed by atoms with van der Waals surface area (Å²) in [4.78, 5) is 0.294. The molecule has 1 aromatic carbocycles. The van der Waals surface area contributed by atoms with Crippen LogP contribution in [0.5, 0.6) is 0 Å². The van der Waals surface area contributed by atoms with Gasteiger partial charge in [0.25, 0.3) is 0 Å². The number of aryl methyl sites for hydroxylation is 1. The van der Waals surface area contributed by atoms with Crippen LogP contribution in [0.3, 0.4) is 0 Å². The van der Waals surface area contributed by atoms with E-state index < -0.39 is 54.1 Å². The highest BCUT2D eigenvalue weighted by Crippen LogP contribution is 2.50. The standard InChI is InChI=1S/C26H42O7SSi/c1-11-20-26(29-8,22-23(30-20)32-25(6,7)31-22)21(33-35(9,10)24(3,4)5)16-17-34(27,28)19-14-12-18(2)13-15-19/h11-15,20-23H,1,16-17H2,2-10H3/t20-,21?,22-,23+,26-/m1/s1. The molecule has 3 rings (SSSR count). The molecular weight excluding hydrogens is 484 g/mol. The first-order chi connectivity index (χ1) is 16.0. The molecule has 35 heavy (non-hydrogen) atoms. The van der Waals surface area contributed by atoms with Crippen LogP contribution in [0.25, 0.3) is 0 Å². The molecule has 1 unspecified atom stereocenters. The smallest absolute Gasteiger partial charge is 0.192 e. The van der Waals surface area contributed by atoms with Crippen molar-refractivity contribution in [2.75, 3.05) is 12.9 Å². The van der Waals surface area contributed by atoms with Gasteiger partial charge in [-0.2, -0.15) is 0 Å². The molecule has 9 heteroatoms. The number of rotatable bonds is 9. The van der Waals surface area contributed by atoms with Gasteiger partial charge in [0, 0.05) is 7.11 Å². The second-order valence-electron chi connectivity index (χ2n) is 11.6. The maximum absolute atomic E-state index is 13.3. The predicted molar refractivity (Wildman–Crippen MR) is 139 cm³/mol. The minimum atomic E-state index is -3.56. The van der Waals surface area contributed by atoms with E-state index in [0.29, 0.717) is 4.90 Å². The Bertz CT molecular complexity index is 1010. The molecule has 0 radical (unpaired) electrons. The van der Waals surface area contributed by atoms with E-state index in [-0.39, 0.29) is 17.2 Å². The molecule has 1 aromatic rings. The van der Waals surface area contributed by atoms with Gasteiger partial charge in [-0.15, -0.1) is 6.58 Å². The highest BCUT2D eigenvalue weighted by molar-refractivity contribution is 7.91. The number of hydrogen-bond acceptors (Lipinski definition) is 7. The molecule has 0 amide bonds. The minimum Gasteiger partial charge on any atom is -0.411 e. The summed E-state index contributed by atoms with van der Waals surface area (Å²) in [5.41, 5.74) is -0.121. The molecule has 0 aliphatic carbocycles. The molecule has 2 saturated heterocycles. The molecule has 2 aliphatic rings. The summed E-state index contributed by atoms with van der Waals surface area (Å²) in [6.07, 6.45) is -0.649. The van der Waals surface area contributed by atoms with Crippen LogP contribution in [-0.4, -0.2) is 65.6 Å². The van der Waals surface area contributed by atoms with Crippen molar-refractivity contribution in [1.29, 1.82) is 0 Å². The van der Waals surface area contributed by atoms with Gasteiger partial charge < -0.3 is 23.4 Å². The lowest BCUT2D eigenvalue weighted by Gasteiger charge is -2.47. The summed E-state index contributed by atoms with van der Waals surface area (Å²) in [6, 6.07) is 6.92. The Morgan fingerprint density at radius 3 is 2.29 bits per heavy atom. The normalized spacial score (nSPS) is 29.7. The van der Waals surface area contributed by atoms with E-state index in [0.717, 1.165) is 5.56 Å². The van der Waals surface area contributed by atoms with Gasteiger partial charge in [0.2, 0.25) is 0 Å². The molecular formula is C26H42O7SSi. The van der Waals surface area contributed by atoms with Crippen molar-refractivity contribution >= 4 is 18.2 Å². The lowest BCUT2D eigenvalue weighted by Crippen LogP contribution is -2.62. The molecule has 198 valence electrons. The largest absolute Gasteiger partial charge is 0.411 e. The molecule has 0 aromatic heterocycles. The highest BCUT2D eigenvalue weighted by atomic mass is 32.2. The fourth-order valence-corrected chi connectivity index (χ4v) is 7.23. The van der Waals surface area contributed by atoms with Crippen molar-refractivity contribution in [3.63, 3.8) is 0 Å². The lowest BCUT2D eigenvalue weighted by molar-refractivity contribution is -0.239. The average Bonchev–Trinajstić information content (AvgIpc) is 3.20. The summed E-state index contributed by atoms with van der Waals surface area (Å²) >= 11 is 0. The first-order valence-corrected chi connectivity index (χ1v) is 16.7. The Balaban J connectivity index is 2.03. The van der Waals surface area contributed by atoms with Crippen molar-refractivity contribution in [3.8, 4) is 0 Å². The van der Waals surface area contributed by atoms with Gasteiger partial charge in [-0.1, -0.05) is 44.5 Å². The van der Waals surface area contributed by atoms with E-state index in [9.17, 15) is 8.42 Å². The van der Waals surface area contributed by atoms with Crippen LogP contribution in [0.4, 0.5) is 0 Å². The Hall–Kier alpha value is -1.07. The van der Waals surface area contributed by atoms with Crippen LogP contribution in [0.1, 0.15) is 46.6 Å². The van der Waals surface area contributed by atoms with Crippen molar-refractivity contribution in [1.82, 2.24) is 0 Å². The first kappa shape index (κ1) is 28.5. The van der Waals surface area contributed by atoms with Crippen molar-refractivity contribution in [2.24, 2.45) is 0 Å². The van der Waals surface area contributed by atoms with E-state index in [2.05, 4.69) is 40.4 Å². The molecule has 5 atom stereocenters. The minimum absolute atomic E-state index is 0.105. The fraction of sp³-hybridized carbons (Fsp3) is 0.692. The maximum atomic E-state index is 13.3. The van der Waals surface area contributed by atoms with E-state index >= 15 is 0 Å². The Morgan fingerprint density at radius 1 is 1.17 bits per heavy atom. The Kier molecular flexibility index (Phi) is 7.87. The third kappa shape index (κ3) is 5.46. The third-order valence-electron chi connectivity index (χ3n) is 7.57. The van der Waals surface area contributed by atoms with Crippen molar-refractivity contribution < 1.29 is 31.8 Å². The zero-order valence-electron chi connectivity index (χ0n) is 22.6. The number of sulfone groups is 1. The van der Waals surface area contributed by atoms with Crippen molar-refractivity contribution in [3.05, 3.63) is 42.5 Å². The zero-order chi connectivity index (χ0) is 26.4. The molecule has 2 aliphatic heterocycles. The molecule has 2 heterocycles. The lowest BCUT2D eigenvalue weighted by atomic mass is 9.84. The molecule has 0 spiro atoms. The summed E-state index contributed by atoms with van der Waals surface area (Å²) in [5, 5.41) is -0.106. The average molecular weight is 527 g/mol. The van der Waals surface area contributed by atoms with Crippen LogP contribution in [0.2, 0.25) is 18.1 Å². The van der Waals surface area contributed by atoms with Gasteiger partial charge in [-0.3, -0.25) is 0 Å². The van der Waals surface area contributed by atoms with Crippen LogP contribution in [0.15, 0.2) is 41.8 Å². The second-order valence-corrected chi connectivity index (χ2v) is 18.4. The predicted octanol–water partition coefficient (Wildman–Crippen LogP) is 5.00. The molecule has 0 bridgehead atoms. The van der Waals surface area contributed by atoms with Crippen LogP contribution >= 0.6 is 0 Å². The van der Waals surface area contributed by atoms with Crippen LogP contribution < -0.4 is 0 Å². The van der Waals surface area contributed by atoms with Gasteiger partial charge >= 0.3 is 0 Å². The number of ether oxygens (including phenoxy) is 4. The fourth-order valence-electron chi connectivity index (χ4n) is 4.55. The number of benzene rings is 1. The topological polar surface area (TPSA) is 80.3 Å². The number of fused-ring (bicyclic) bond motifs is 1. The monoisotopic (exact) mass is 526 g/mol. The van der Waals surface area contributed by atoms with E-state index in [4.69, 9.17) is 23.4 Å². The highest BCUT2D eigenvalue weighted by Gasteiger charge is 2.67. The maximum Gasteiger partial charge on any atom is 0.192 e. The Morgan fingerprint density at radius 2 is 1.77 bits per heavy atom. The molecule has 0 N–H and O–H groups in total. The van der Waals surface area contributed by atoms with Gasteiger partial charge in [0.15, 0.2) is 35.8 Å². The third-order valence-corrected chi connectivity index (χ3v) is 13.8. The quantitative estimate of drug-likeness (QED) is 0.331. The zero-order valence-corrected chi connectivity index (χ0v) is 24.4. The molecule has 7 nitrogen and oxygen atoms in total.